The first-order chi connectivity index (χ1) is 31.5. The Labute approximate surface area is 397 Å². The molecule has 0 bridgehead atoms. The van der Waals surface area contributed by atoms with Crippen molar-refractivity contribution < 1.29 is 58.3 Å². The second-order valence-corrected chi connectivity index (χ2v) is 20.9. The van der Waals surface area contributed by atoms with Crippen molar-refractivity contribution >= 4 is 13.8 Å². The Morgan fingerprint density at radius 2 is 0.723 bits per heavy atom. The summed E-state index contributed by atoms with van der Waals surface area (Å²) >= 11 is 0. The number of unbranched alkanes of at least 4 members (excludes halogenated alkanes) is 36. The zero-order chi connectivity index (χ0) is 47.6. The number of aliphatic hydroxyl groups is 5. The SMILES string of the molecule is CCCCCCCCCCCCCCCCCCCCCCCCCCOCC(COP(=O)(O)OC1C(O)C(O)C(O)C(O)C1O)OC(=O)CCCCCCCCCCCCCCCC. The Bertz CT molecular complexity index is 1080. The van der Waals surface area contributed by atoms with Crippen molar-refractivity contribution in [2.75, 3.05) is 19.8 Å². The summed E-state index contributed by atoms with van der Waals surface area (Å²) in [4.78, 5) is 23.2. The number of ether oxygens (including phenoxy) is 2. The normalized spacial score (nSPS) is 21.4. The fraction of sp³-hybridized carbons (Fsp3) is 0.981. The summed E-state index contributed by atoms with van der Waals surface area (Å²) in [5.41, 5.74) is 0. The standard InChI is InChI=1S/C52H103O12P/c1-3-5-7-9-11-13-15-17-19-20-21-22-23-24-25-26-27-28-30-32-34-36-38-40-42-61-43-45(44-62-65(59,60)64-52-50(57)48(55)47(54)49(56)51(52)58)63-46(53)41-39-37-35-33-31-29-18-16-14-12-10-8-6-4-2/h45,47-52,54-58H,3-44H2,1-2H3,(H,59,60). The molecule has 6 atom stereocenters. The molecule has 6 N–H and O–H groups in total. The van der Waals surface area contributed by atoms with Gasteiger partial charge in [0.25, 0.3) is 0 Å². The summed E-state index contributed by atoms with van der Waals surface area (Å²) in [5, 5.41) is 50.3. The zero-order valence-electron chi connectivity index (χ0n) is 41.8. The second kappa shape index (κ2) is 43.4. The smallest absolute Gasteiger partial charge is 0.457 e. The lowest BCUT2D eigenvalue weighted by Crippen LogP contribution is -2.64. The Morgan fingerprint density at radius 1 is 0.431 bits per heavy atom. The minimum atomic E-state index is -5.01. The lowest BCUT2D eigenvalue weighted by atomic mass is 9.85. The summed E-state index contributed by atoms with van der Waals surface area (Å²) in [6.45, 7) is 4.32. The first-order valence-electron chi connectivity index (χ1n) is 27.4. The lowest BCUT2D eigenvalue weighted by Gasteiger charge is -2.41. The monoisotopic (exact) mass is 951 g/mol. The molecule has 1 saturated carbocycles. The van der Waals surface area contributed by atoms with E-state index in [0.717, 1.165) is 38.5 Å². The molecule has 13 heteroatoms. The van der Waals surface area contributed by atoms with Gasteiger partial charge in [-0.15, -0.1) is 0 Å². The van der Waals surface area contributed by atoms with E-state index in [4.69, 9.17) is 18.5 Å². The largest absolute Gasteiger partial charge is 0.472 e. The van der Waals surface area contributed by atoms with Gasteiger partial charge in [-0.05, 0) is 12.8 Å². The van der Waals surface area contributed by atoms with Crippen LogP contribution in [-0.2, 0) is 27.9 Å². The number of phosphoric acid groups is 1. The summed E-state index contributed by atoms with van der Waals surface area (Å²) in [7, 11) is -5.01. The van der Waals surface area contributed by atoms with E-state index in [1.54, 1.807) is 0 Å². The third-order valence-electron chi connectivity index (χ3n) is 13.2. The molecule has 0 amide bonds. The van der Waals surface area contributed by atoms with Gasteiger partial charge >= 0.3 is 13.8 Å². The van der Waals surface area contributed by atoms with Crippen LogP contribution in [0.1, 0.15) is 264 Å². The van der Waals surface area contributed by atoms with Crippen LogP contribution in [0, 0.1) is 0 Å². The highest BCUT2D eigenvalue weighted by Crippen LogP contribution is 2.47. The highest BCUT2D eigenvalue weighted by molar-refractivity contribution is 7.47. The minimum absolute atomic E-state index is 0.0673. The molecular formula is C52H103O12P. The maximum absolute atomic E-state index is 12.9. The molecule has 0 heterocycles. The molecular weight excluding hydrogens is 848 g/mol. The molecule has 12 nitrogen and oxygen atoms in total. The van der Waals surface area contributed by atoms with Crippen molar-refractivity contribution in [1.82, 2.24) is 0 Å². The maximum Gasteiger partial charge on any atom is 0.472 e. The minimum Gasteiger partial charge on any atom is -0.457 e. The van der Waals surface area contributed by atoms with Gasteiger partial charge in [0.05, 0.1) is 13.2 Å². The molecule has 1 aliphatic carbocycles. The van der Waals surface area contributed by atoms with E-state index in [1.165, 1.54) is 199 Å². The van der Waals surface area contributed by atoms with Crippen molar-refractivity contribution in [3.05, 3.63) is 0 Å². The molecule has 388 valence electrons. The molecule has 0 radical (unpaired) electrons. The van der Waals surface area contributed by atoms with Crippen LogP contribution < -0.4 is 0 Å². The van der Waals surface area contributed by atoms with Crippen molar-refractivity contribution in [3.8, 4) is 0 Å². The molecule has 0 aromatic carbocycles. The molecule has 6 unspecified atom stereocenters. The number of esters is 1. The summed E-state index contributed by atoms with van der Waals surface area (Å²) < 4.78 is 34.3. The molecule has 0 aromatic heterocycles. The third-order valence-corrected chi connectivity index (χ3v) is 14.2. The van der Waals surface area contributed by atoms with E-state index in [9.17, 15) is 39.8 Å². The molecule has 1 rings (SSSR count). The van der Waals surface area contributed by atoms with Gasteiger partial charge in [0, 0.05) is 13.0 Å². The highest BCUT2D eigenvalue weighted by atomic mass is 31.2. The van der Waals surface area contributed by atoms with E-state index in [-0.39, 0.29) is 13.0 Å². The Balaban J connectivity index is 2.25. The van der Waals surface area contributed by atoms with Crippen molar-refractivity contribution in [1.29, 1.82) is 0 Å². The van der Waals surface area contributed by atoms with Gasteiger partial charge in [-0.3, -0.25) is 13.8 Å². The Kier molecular flexibility index (Phi) is 41.6. The number of rotatable bonds is 48. The van der Waals surface area contributed by atoms with Crippen LogP contribution in [0.4, 0.5) is 0 Å². The van der Waals surface area contributed by atoms with E-state index < -0.39 is 63.1 Å². The molecule has 65 heavy (non-hydrogen) atoms. The maximum atomic E-state index is 12.9. The fourth-order valence-electron chi connectivity index (χ4n) is 8.89. The molecule has 0 spiro atoms. The number of carbonyl (C=O) groups excluding carboxylic acids is 1. The summed E-state index contributed by atoms with van der Waals surface area (Å²) in [5.74, 6) is -0.469. The Morgan fingerprint density at radius 3 is 1.06 bits per heavy atom. The van der Waals surface area contributed by atoms with Crippen molar-refractivity contribution in [3.63, 3.8) is 0 Å². The number of carbonyl (C=O) groups is 1. The average Bonchev–Trinajstić information content (AvgIpc) is 3.29. The van der Waals surface area contributed by atoms with Gasteiger partial charge in [0.2, 0.25) is 0 Å². The van der Waals surface area contributed by atoms with Crippen LogP contribution >= 0.6 is 7.82 Å². The average molecular weight is 951 g/mol. The molecule has 0 aliphatic heterocycles. The molecule has 1 fully saturated rings. The third kappa shape index (κ3) is 35.2. The number of hydrogen-bond donors (Lipinski definition) is 6. The van der Waals surface area contributed by atoms with Crippen LogP contribution in [-0.4, -0.2) is 98.9 Å². The van der Waals surface area contributed by atoms with Gasteiger partial charge in [0.1, 0.15) is 42.7 Å². The Hall–Kier alpha value is -0.660. The molecule has 0 aromatic rings. The lowest BCUT2D eigenvalue weighted by molar-refractivity contribution is -0.220. The van der Waals surface area contributed by atoms with Gasteiger partial charge in [-0.25, -0.2) is 4.57 Å². The van der Waals surface area contributed by atoms with Crippen LogP contribution in [0.15, 0.2) is 0 Å². The molecule has 1 aliphatic rings. The first-order valence-corrected chi connectivity index (χ1v) is 28.9. The van der Waals surface area contributed by atoms with E-state index in [0.29, 0.717) is 13.0 Å². The van der Waals surface area contributed by atoms with Crippen molar-refractivity contribution in [2.24, 2.45) is 0 Å². The zero-order valence-corrected chi connectivity index (χ0v) is 42.7. The van der Waals surface area contributed by atoms with E-state index in [2.05, 4.69) is 13.8 Å². The number of aliphatic hydroxyl groups excluding tert-OH is 5. The highest BCUT2D eigenvalue weighted by Gasteiger charge is 2.51. The number of phosphoric ester groups is 1. The van der Waals surface area contributed by atoms with Crippen LogP contribution in [0.25, 0.3) is 0 Å². The quantitative estimate of drug-likeness (QED) is 0.0192. The predicted octanol–water partition coefficient (Wildman–Crippen LogP) is 12.5. The van der Waals surface area contributed by atoms with Crippen LogP contribution in [0.5, 0.6) is 0 Å². The van der Waals surface area contributed by atoms with Crippen molar-refractivity contribution in [2.45, 2.75) is 307 Å². The summed E-state index contributed by atoms with van der Waals surface area (Å²) in [6.07, 6.45) is 36.1. The van der Waals surface area contributed by atoms with Gasteiger partial charge in [-0.2, -0.15) is 0 Å². The van der Waals surface area contributed by atoms with Gasteiger partial charge in [0.15, 0.2) is 0 Å². The topological polar surface area (TPSA) is 192 Å². The van der Waals surface area contributed by atoms with Gasteiger partial charge in [-0.1, -0.05) is 245 Å². The van der Waals surface area contributed by atoms with Crippen LogP contribution in [0.3, 0.4) is 0 Å². The number of hydrogen-bond acceptors (Lipinski definition) is 11. The fourth-order valence-corrected chi connectivity index (χ4v) is 9.86. The van der Waals surface area contributed by atoms with Crippen LogP contribution in [0.2, 0.25) is 0 Å². The predicted molar refractivity (Wildman–Crippen MR) is 263 cm³/mol. The van der Waals surface area contributed by atoms with E-state index >= 15 is 0 Å². The van der Waals surface area contributed by atoms with E-state index in [1.807, 2.05) is 0 Å². The summed E-state index contributed by atoms with van der Waals surface area (Å²) in [6, 6.07) is 0. The second-order valence-electron chi connectivity index (χ2n) is 19.5. The molecule has 0 saturated heterocycles. The first kappa shape index (κ1) is 62.4. The van der Waals surface area contributed by atoms with Gasteiger partial charge < -0.3 is 39.9 Å².